The Morgan fingerprint density at radius 3 is 2.30 bits per heavy atom. The van der Waals surface area contributed by atoms with E-state index in [4.69, 9.17) is 4.74 Å². The van der Waals surface area contributed by atoms with Gasteiger partial charge in [-0.05, 0) is 54.4 Å². The first kappa shape index (κ1) is 22.2. The average molecular weight is 459 g/mol. The van der Waals surface area contributed by atoms with Crippen molar-refractivity contribution in [3.63, 3.8) is 0 Å². The summed E-state index contributed by atoms with van der Waals surface area (Å²) in [7, 11) is 1.64. The highest BCUT2D eigenvalue weighted by atomic mass is 32.1. The highest BCUT2D eigenvalue weighted by molar-refractivity contribution is 7.15. The maximum Gasteiger partial charge on any atom is 0.257 e. The van der Waals surface area contributed by atoms with Gasteiger partial charge in [0.05, 0.1) is 7.11 Å². The molecule has 4 aromatic rings. The van der Waals surface area contributed by atoms with Crippen molar-refractivity contribution in [3.05, 3.63) is 101 Å². The number of hydrogen-bond donors (Lipinski definition) is 2. The number of nitrogens with zero attached hydrogens (tertiary/aromatic N) is 2. The summed E-state index contributed by atoms with van der Waals surface area (Å²) in [6, 6.07) is 23.6. The smallest absolute Gasteiger partial charge is 0.257 e. The van der Waals surface area contributed by atoms with Gasteiger partial charge in [0.1, 0.15) is 10.8 Å². The molecule has 4 rings (SSSR count). The fourth-order valence-corrected chi connectivity index (χ4v) is 3.88. The van der Waals surface area contributed by atoms with Crippen LogP contribution in [-0.2, 0) is 12.8 Å². The van der Waals surface area contributed by atoms with Crippen LogP contribution < -0.4 is 15.4 Å². The van der Waals surface area contributed by atoms with E-state index in [-0.39, 0.29) is 11.8 Å². The predicted octanol–water partition coefficient (Wildman–Crippen LogP) is 4.84. The van der Waals surface area contributed by atoms with Gasteiger partial charge in [0.25, 0.3) is 11.8 Å². The van der Waals surface area contributed by atoms with Crippen molar-refractivity contribution in [1.82, 2.24) is 10.2 Å². The SMILES string of the molecule is COc1ccc(CCc2nnc(NC(=O)c3cccc(NC(=O)c4ccccc4)c3)s2)cc1. The summed E-state index contributed by atoms with van der Waals surface area (Å²) < 4.78 is 5.17. The molecule has 1 heterocycles. The summed E-state index contributed by atoms with van der Waals surface area (Å²) in [5.74, 6) is 0.269. The molecule has 3 aromatic carbocycles. The summed E-state index contributed by atoms with van der Waals surface area (Å²) in [5.41, 5.74) is 2.67. The first-order valence-electron chi connectivity index (χ1n) is 10.3. The highest BCUT2D eigenvalue weighted by Gasteiger charge is 2.12. The van der Waals surface area contributed by atoms with Crippen molar-refractivity contribution in [3.8, 4) is 5.75 Å². The van der Waals surface area contributed by atoms with Gasteiger partial charge in [0, 0.05) is 23.2 Å². The number of carbonyl (C=O) groups is 2. The lowest BCUT2D eigenvalue weighted by Crippen LogP contribution is -2.14. The molecule has 7 nitrogen and oxygen atoms in total. The lowest BCUT2D eigenvalue weighted by atomic mass is 10.1. The third-order valence-electron chi connectivity index (χ3n) is 4.89. The van der Waals surface area contributed by atoms with Gasteiger partial charge >= 0.3 is 0 Å². The number of aromatic nitrogens is 2. The van der Waals surface area contributed by atoms with E-state index in [1.807, 2.05) is 30.3 Å². The van der Waals surface area contributed by atoms with Crippen molar-refractivity contribution < 1.29 is 14.3 Å². The quantitative estimate of drug-likeness (QED) is 0.394. The van der Waals surface area contributed by atoms with E-state index in [2.05, 4.69) is 20.8 Å². The van der Waals surface area contributed by atoms with Crippen LogP contribution in [0.1, 0.15) is 31.3 Å². The molecule has 1 aromatic heterocycles. The molecule has 166 valence electrons. The van der Waals surface area contributed by atoms with Crippen molar-refractivity contribution in [2.45, 2.75) is 12.8 Å². The van der Waals surface area contributed by atoms with E-state index < -0.39 is 0 Å². The van der Waals surface area contributed by atoms with Crippen LogP contribution >= 0.6 is 11.3 Å². The Balaban J connectivity index is 1.34. The van der Waals surface area contributed by atoms with E-state index in [1.54, 1.807) is 55.6 Å². The Hall–Kier alpha value is -4.04. The zero-order valence-electron chi connectivity index (χ0n) is 17.9. The van der Waals surface area contributed by atoms with E-state index in [9.17, 15) is 9.59 Å². The van der Waals surface area contributed by atoms with Gasteiger partial charge in [-0.25, -0.2) is 0 Å². The van der Waals surface area contributed by atoms with Gasteiger partial charge in [0.15, 0.2) is 0 Å². The minimum Gasteiger partial charge on any atom is -0.497 e. The van der Waals surface area contributed by atoms with Gasteiger partial charge in [-0.2, -0.15) is 0 Å². The number of nitrogens with one attached hydrogen (secondary N) is 2. The number of anilines is 2. The first-order chi connectivity index (χ1) is 16.1. The molecular weight excluding hydrogens is 436 g/mol. The van der Waals surface area contributed by atoms with Crippen LogP contribution in [0.4, 0.5) is 10.8 Å². The molecule has 0 atom stereocenters. The zero-order valence-corrected chi connectivity index (χ0v) is 18.8. The van der Waals surface area contributed by atoms with Crippen LogP contribution in [0.15, 0.2) is 78.9 Å². The molecule has 2 N–H and O–H groups in total. The third-order valence-corrected chi connectivity index (χ3v) is 5.79. The predicted molar refractivity (Wildman–Crippen MR) is 129 cm³/mol. The second-order valence-electron chi connectivity index (χ2n) is 7.20. The van der Waals surface area contributed by atoms with Gasteiger partial charge < -0.3 is 10.1 Å². The molecule has 0 bridgehead atoms. The van der Waals surface area contributed by atoms with Gasteiger partial charge in [-0.15, -0.1) is 10.2 Å². The lowest BCUT2D eigenvalue weighted by Gasteiger charge is -2.07. The van der Waals surface area contributed by atoms with E-state index in [0.717, 1.165) is 23.6 Å². The average Bonchev–Trinajstić information content (AvgIpc) is 3.31. The molecule has 0 aliphatic carbocycles. The van der Waals surface area contributed by atoms with E-state index in [0.29, 0.717) is 21.9 Å². The Labute approximate surface area is 195 Å². The van der Waals surface area contributed by atoms with Crippen LogP contribution in [0.25, 0.3) is 0 Å². The number of methoxy groups -OCH3 is 1. The number of carbonyl (C=O) groups excluding carboxylic acids is 2. The Bertz CT molecular complexity index is 1240. The monoisotopic (exact) mass is 458 g/mol. The first-order valence-corrected chi connectivity index (χ1v) is 11.2. The Morgan fingerprint density at radius 2 is 1.55 bits per heavy atom. The third kappa shape index (κ3) is 6.02. The molecule has 0 saturated heterocycles. The molecule has 0 fully saturated rings. The van der Waals surface area contributed by atoms with Gasteiger partial charge in [-0.1, -0.05) is 47.7 Å². The number of rotatable bonds is 8. The summed E-state index contributed by atoms with van der Waals surface area (Å²) in [6.45, 7) is 0. The summed E-state index contributed by atoms with van der Waals surface area (Å²) in [6.07, 6.45) is 1.54. The lowest BCUT2D eigenvalue weighted by molar-refractivity contribution is 0.101. The van der Waals surface area contributed by atoms with Crippen LogP contribution in [0.5, 0.6) is 5.75 Å². The normalized spacial score (nSPS) is 10.5. The fraction of sp³-hybridized carbons (Fsp3) is 0.120. The second-order valence-corrected chi connectivity index (χ2v) is 8.27. The molecule has 0 aliphatic rings. The van der Waals surface area contributed by atoms with Crippen LogP contribution in [0.2, 0.25) is 0 Å². The van der Waals surface area contributed by atoms with Crippen molar-refractivity contribution in [2.24, 2.45) is 0 Å². The largest absolute Gasteiger partial charge is 0.497 e. The van der Waals surface area contributed by atoms with Crippen LogP contribution in [0, 0.1) is 0 Å². The molecule has 0 aliphatic heterocycles. The van der Waals surface area contributed by atoms with E-state index >= 15 is 0 Å². The van der Waals surface area contributed by atoms with Crippen molar-refractivity contribution in [2.75, 3.05) is 17.7 Å². The van der Waals surface area contributed by atoms with Gasteiger partial charge in [0.2, 0.25) is 5.13 Å². The minimum atomic E-state index is -0.316. The summed E-state index contributed by atoms with van der Waals surface area (Å²) in [5, 5.41) is 15.1. The number of aryl methyl sites for hydroxylation is 2. The van der Waals surface area contributed by atoms with Crippen LogP contribution in [0.3, 0.4) is 0 Å². The van der Waals surface area contributed by atoms with Gasteiger partial charge in [-0.3, -0.25) is 14.9 Å². The Kier molecular flexibility index (Phi) is 7.06. The maximum atomic E-state index is 12.7. The fourth-order valence-electron chi connectivity index (χ4n) is 3.15. The molecule has 0 saturated carbocycles. The van der Waals surface area contributed by atoms with E-state index in [1.165, 1.54) is 16.9 Å². The minimum absolute atomic E-state index is 0.237. The summed E-state index contributed by atoms with van der Waals surface area (Å²) >= 11 is 1.35. The zero-order chi connectivity index (χ0) is 23.0. The van der Waals surface area contributed by atoms with Crippen molar-refractivity contribution in [1.29, 1.82) is 0 Å². The molecule has 0 unspecified atom stereocenters. The number of ether oxygens (including phenoxy) is 1. The van der Waals surface area contributed by atoms with Crippen molar-refractivity contribution >= 4 is 34.0 Å². The molecule has 0 radical (unpaired) electrons. The number of hydrogen-bond acceptors (Lipinski definition) is 6. The number of benzene rings is 3. The molecule has 33 heavy (non-hydrogen) atoms. The molecule has 2 amide bonds. The maximum absolute atomic E-state index is 12.7. The number of amides is 2. The Morgan fingerprint density at radius 1 is 0.818 bits per heavy atom. The topological polar surface area (TPSA) is 93.2 Å². The molecule has 8 heteroatoms. The second kappa shape index (κ2) is 10.5. The summed E-state index contributed by atoms with van der Waals surface area (Å²) in [4.78, 5) is 25.0. The molecule has 0 spiro atoms. The standard InChI is InChI=1S/C25H22N4O3S/c1-32-21-13-10-17(11-14-21)12-15-22-28-29-25(33-22)27-24(31)19-8-5-9-20(16-19)26-23(30)18-6-3-2-4-7-18/h2-11,13-14,16H,12,15H2,1H3,(H,26,30)(H,27,29,31). The highest BCUT2D eigenvalue weighted by Crippen LogP contribution is 2.20. The van der Waals surface area contributed by atoms with Crippen LogP contribution in [-0.4, -0.2) is 29.1 Å². The molecular formula is C25H22N4O3S.